The van der Waals surface area contributed by atoms with Gasteiger partial charge in [0.1, 0.15) is 5.52 Å². The van der Waals surface area contributed by atoms with Crippen LogP contribution in [0.25, 0.3) is 22.6 Å². The van der Waals surface area contributed by atoms with Crippen molar-refractivity contribution < 1.29 is 4.42 Å². The van der Waals surface area contributed by atoms with E-state index in [1.807, 2.05) is 32.3 Å². The van der Waals surface area contributed by atoms with Gasteiger partial charge in [-0.05, 0) is 71.2 Å². The second-order valence-electron chi connectivity index (χ2n) is 5.48. The van der Waals surface area contributed by atoms with Crippen molar-refractivity contribution in [3.05, 3.63) is 45.9 Å². The number of rotatable bonds is 2. The van der Waals surface area contributed by atoms with Gasteiger partial charge in [-0.2, -0.15) is 0 Å². The smallest absolute Gasteiger partial charge is 0.227 e. The molecular formula is C17H17BrN2O. The Labute approximate surface area is 132 Å². The fourth-order valence-electron chi connectivity index (χ4n) is 2.31. The molecule has 0 saturated carbocycles. The van der Waals surface area contributed by atoms with E-state index in [0.29, 0.717) is 5.89 Å². The zero-order chi connectivity index (χ0) is 15.1. The fraction of sp³-hybridized carbons (Fsp3) is 0.235. The number of nitrogens with zero attached hydrogens (tertiary/aromatic N) is 2. The Hall–Kier alpha value is -1.81. The van der Waals surface area contributed by atoms with Crippen LogP contribution in [0.3, 0.4) is 0 Å². The maximum absolute atomic E-state index is 5.90. The number of aryl methyl sites for hydroxylation is 2. The first-order valence-electron chi connectivity index (χ1n) is 6.81. The average molecular weight is 345 g/mol. The zero-order valence-electron chi connectivity index (χ0n) is 12.6. The first kappa shape index (κ1) is 14.1. The summed E-state index contributed by atoms with van der Waals surface area (Å²) < 4.78 is 6.93. The fourth-order valence-corrected chi connectivity index (χ4v) is 3.04. The van der Waals surface area contributed by atoms with Gasteiger partial charge in [0.2, 0.25) is 5.89 Å². The number of aromatic nitrogens is 1. The van der Waals surface area contributed by atoms with E-state index in [2.05, 4.69) is 51.8 Å². The standard InChI is InChI=1S/C17H17BrN2O/c1-10-7-14-16(8-11(10)2)21-17(19-14)12-5-6-15(20(3)4)13(18)9-12/h5-9H,1-4H3. The van der Waals surface area contributed by atoms with Gasteiger partial charge in [0.25, 0.3) is 0 Å². The summed E-state index contributed by atoms with van der Waals surface area (Å²) in [7, 11) is 4.04. The summed E-state index contributed by atoms with van der Waals surface area (Å²) in [6.45, 7) is 4.17. The maximum Gasteiger partial charge on any atom is 0.227 e. The summed E-state index contributed by atoms with van der Waals surface area (Å²) in [5.74, 6) is 0.654. The van der Waals surface area contributed by atoms with E-state index in [4.69, 9.17) is 4.42 Å². The van der Waals surface area contributed by atoms with Gasteiger partial charge < -0.3 is 9.32 Å². The molecule has 0 radical (unpaired) electrons. The molecule has 0 spiro atoms. The Balaban J connectivity index is 2.10. The van der Waals surface area contributed by atoms with Crippen molar-refractivity contribution in [2.45, 2.75) is 13.8 Å². The highest BCUT2D eigenvalue weighted by Gasteiger charge is 2.11. The van der Waals surface area contributed by atoms with Crippen LogP contribution in [0.5, 0.6) is 0 Å². The topological polar surface area (TPSA) is 29.3 Å². The van der Waals surface area contributed by atoms with Gasteiger partial charge in [-0.15, -0.1) is 0 Å². The Morgan fingerprint density at radius 3 is 2.43 bits per heavy atom. The molecule has 0 fully saturated rings. The van der Waals surface area contributed by atoms with Crippen molar-refractivity contribution in [3.8, 4) is 11.5 Å². The molecule has 3 aromatic rings. The Bertz CT molecular complexity index is 782. The monoisotopic (exact) mass is 344 g/mol. The summed E-state index contributed by atoms with van der Waals surface area (Å²) >= 11 is 3.60. The SMILES string of the molecule is Cc1cc2nc(-c3ccc(N(C)C)c(Br)c3)oc2cc1C. The first-order valence-corrected chi connectivity index (χ1v) is 7.60. The quantitative estimate of drug-likeness (QED) is 0.659. The van der Waals surface area contributed by atoms with E-state index in [0.717, 1.165) is 26.8 Å². The van der Waals surface area contributed by atoms with Crippen molar-refractivity contribution >= 4 is 32.7 Å². The highest BCUT2D eigenvalue weighted by Crippen LogP contribution is 2.32. The van der Waals surface area contributed by atoms with E-state index in [1.165, 1.54) is 11.1 Å². The summed E-state index contributed by atoms with van der Waals surface area (Å²) in [4.78, 5) is 6.66. The number of oxazole rings is 1. The molecule has 0 unspecified atom stereocenters. The van der Waals surface area contributed by atoms with Gasteiger partial charge >= 0.3 is 0 Å². The van der Waals surface area contributed by atoms with Crippen molar-refractivity contribution in [2.75, 3.05) is 19.0 Å². The molecule has 108 valence electrons. The number of anilines is 1. The number of hydrogen-bond donors (Lipinski definition) is 0. The molecule has 0 atom stereocenters. The minimum atomic E-state index is 0.654. The molecule has 0 N–H and O–H groups in total. The van der Waals surface area contributed by atoms with Gasteiger partial charge in [-0.25, -0.2) is 4.98 Å². The van der Waals surface area contributed by atoms with Crippen LogP contribution in [0.4, 0.5) is 5.69 Å². The summed E-state index contributed by atoms with van der Waals surface area (Å²) in [6.07, 6.45) is 0. The lowest BCUT2D eigenvalue weighted by molar-refractivity contribution is 0.619. The van der Waals surface area contributed by atoms with Crippen LogP contribution in [0.2, 0.25) is 0 Å². The summed E-state index contributed by atoms with van der Waals surface area (Å²) in [5, 5.41) is 0. The lowest BCUT2D eigenvalue weighted by atomic mass is 10.1. The van der Waals surface area contributed by atoms with Crippen LogP contribution in [0, 0.1) is 13.8 Å². The largest absolute Gasteiger partial charge is 0.436 e. The van der Waals surface area contributed by atoms with E-state index in [-0.39, 0.29) is 0 Å². The third-order valence-corrected chi connectivity index (χ3v) is 4.32. The Kier molecular flexibility index (Phi) is 3.49. The molecule has 3 nitrogen and oxygen atoms in total. The molecule has 0 aliphatic rings. The molecule has 1 heterocycles. The minimum Gasteiger partial charge on any atom is -0.436 e. The predicted octanol–water partition coefficient (Wildman–Crippen LogP) is 4.94. The Morgan fingerprint density at radius 2 is 1.76 bits per heavy atom. The van der Waals surface area contributed by atoms with E-state index in [9.17, 15) is 0 Å². The molecule has 21 heavy (non-hydrogen) atoms. The van der Waals surface area contributed by atoms with Gasteiger partial charge in [-0.3, -0.25) is 0 Å². The number of fused-ring (bicyclic) bond motifs is 1. The predicted molar refractivity (Wildman–Crippen MR) is 90.9 cm³/mol. The average Bonchev–Trinajstić information content (AvgIpc) is 2.81. The van der Waals surface area contributed by atoms with Crippen molar-refractivity contribution in [2.24, 2.45) is 0 Å². The third kappa shape index (κ3) is 2.56. The molecule has 1 aromatic heterocycles. The van der Waals surface area contributed by atoms with Gasteiger partial charge in [0, 0.05) is 24.1 Å². The van der Waals surface area contributed by atoms with Gasteiger partial charge in [0.15, 0.2) is 5.58 Å². The van der Waals surface area contributed by atoms with Crippen LogP contribution in [-0.4, -0.2) is 19.1 Å². The van der Waals surface area contributed by atoms with E-state index in [1.54, 1.807) is 0 Å². The van der Waals surface area contributed by atoms with Crippen LogP contribution in [-0.2, 0) is 0 Å². The van der Waals surface area contributed by atoms with Crippen molar-refractivity contribution in [3.63, 3.8) is 0 Å². The molecule has 0 bridgehead atoms. The molecule has 0 amide bonds. The second kappa shape index (κ2) is 5.19. The van der Waals surface area contributed by atoms with E-state index < -0.39 is 0 Å². The van der Waals surface area contributed by atoms with Gasteiger partial charge in [-0.1, -0.05) is 0 Å². The van der Waals surface area contributed by atoms with Crippen molar-refractivity contribution in [1.82, 2.24) is 4.98 Å². The lowest BCUT2D eigenvalue weighted by Crippen LogP contribution is -2.09. The molecule has 0 aliphatic heterocycles. The third-order valence-electron chi connectivity index (χ3n) is 3.68. The lowest BCUT2D eigenvalue weighted by Gasteiger charge is -2.14. The van der Waals surface area contributed by atoms with Crippen LogP contribution in [0.1, 0.15) is 11.1 Å². The van der Waals surface area contributed by atoms with Crippen LogP contribution < -0.4 is 4.90 Å². The molecular weight excluding hydrogens is 328 g/mol. The molecule has 3 rings (SSSR count). The van der Waals surface area contributed by atoms with Crippen LogP contribution in [0.15, 0.2) is 39.2 Å². The highest BCUT2D eigenvalue weighted by molar-refractivity contribution is 9.10. The maximum atomic E-state index is 5.90. The first-order chi connectivity index (χ1) is 9.95. The van der Waals surface area contributed by atoms with E-state index >= 15 is 0 Å². The number of halogens is 1. The molecule has 0 aliphatic carbocycles. The number of benzene rings is 2. The van der Waals surface area contributed by atoms with Crippen molar-refractivity contribution in [1.29, 1.82) is 0 Å². The number of hydrogen-bond acceptors (Lipinski definition) is 3. The van der Waals surface area contributed by atoms with Gasteiger partial charge in [0.05, 0.1) is 5.69 Å². The molecule has 0 saturated heterocycles. The zero-order valence-corrected chi connectivity index (χ0v) is 14.2. The Morgan fingerprint density at radius 1 is 1.05 bits per heavy atom. The highest BCUT2D eigenvalue weighted by atomic mass is 79.9. The molecule has 4 heteroatoms. The molecule has 2 aromatic carbocycles. The summed E-state index contributed by atoms with van der Waals surface area (Å²) in [6, 6.07) is 10.3. The normalized spacial score (nSPS) is 11.1. The minimum absolute atomic E-state index is 0.654. The second-order valence-corrected chi connectivity index (χ2v) is 6.34. The summed E-state index contributed by atoms with van der Waals surface area (Å²) in [5.41, 5.74) is 6.28. The van der Waals surface area contributed by atoms with Crippen LogP contribution >= 0.6 is 15.9 Å².